The normalized spacial score (nSPS) is 15.9. The van der Waals surface area contributed by atoms with Gasteiger partial charge in [0.05, 0.1) is 0 Å². The molecule has 13 heavy (non-hydrogen) atoms. The summed E-state index contributed by atoms with van der Waals surface area (Å²) in [5, 5.41) is 0. The molecular formula is C5H5F7O. The van der Waals surface area contributed by atoms with Crippen molar-refractivity contribution in [3.63, 3.8) is 0 Å². The van der Waals surface area contributed by atoms with Gasteiger partial charge in [-0.1, -0.05) is 0 Å². The number of halogens is 7. The quantitative estimate of drug-likeness (QED) is 0.638. The molecule has 0 aromatic heterocycles. The second-order valence-electron chi connectivity index (χ2n) is 2.02. The molecule has 0 aliphatic heterocycles. The van der Waals surface area contributed by atoms with E-state index in [0.717, 1.165) is 0 Å². The van der Waals surface area contributed by atoms with E-state index in [4.69, 9.17) is 0 Å². The first-order chi connectivity index (χ1) is 5.79. The van der Waals surface area contributed by atoms with Gasteiger partial charge >= 0.3 is 12.0 Å². The molecule has 0 bridgehead atoms. The maximum Gasteiger partial charge on any atom is 0.424 e. The summed E-state index contributed by atoms with van der Waals surface area (Å²) in [6, 6.07) is 0. The van der Waals surface area contributed by atoms with Crippen LogP contribution in [0.1, 0.15) is 0 Å². The Labute approximate surface area is 68.5 Å². The molecule has 0 heterocycles. The summed E-state index contributed by atoms with van der Waals surface area (Å²) >= 11 is 0. The lowest BCUT2D eigenvalue weighted by molar-refractivity contribution is -0.370. The van der Waals surface area contributed by atoms with Crippen molar-refractivity contribution in [1.29, 1.82) is 0 Å². The second-order valence-corrected chi connectivity index (χ2v) is 2.02. The van der Waals surface area contributed by atoms with E-state index in [1.807, 2.05) is 0 Å². The molecule has 0 N–H and O–H groups in total. The monoisotopic (exact) mass is 214 g/mol. The first-order valence-corrected chi connectivity index (χ1v) is 2.95. The molecule has 1 nitrogen and oxygen atoms in total. The average Bonchev–Trinajstić information content (AvgIpc) is 2.02. The van der Waals surface area contributed by atoms with Crippen molar-refractivity contribution in [1.82, 2.24) is 0 Å². The van der Waals surface area contributed by atoms with Gasteiger partial charge in [-0.3, -0.25) is 4.74 Å². The maximum atomic E-state index is 12.1. The Morgan fingerprint density at radius 1 is 1.08 bits per heavy atom. The zero-order valence-corrected chi connectivity index (χ0v) is 6.05. The van der Waals surface area contributed by atoms with Crippen LogP contribution in [-0.4, -0.2) is 31.7 Å². The van der Waals surface area contributed by atoms with Gasteiger partial charge in [0.2, 0.25) is 6.17 Å². The van der Waals surface area contributed by atoms with E-state index < -0.39 is 31.7 Å². The van der Waals surface area contributed by atoms with Crippen molar-refractivity contribution in [3.8, 4) is 0 Å². The van der Waals surface area contributed by atoms with E-state index in [9.17, 15) is 30.7 Å². The van der Waals surface area contributed by atoms with Crippen LogP contribution in [0, 0.1) is 0 Å². The molecule has 1 atom stereocenters. The molecule has 0 fully saturated rings. The summed E-state index contributed by atoms with van der Waals surface area (Å²) in [5.74, 6) is -5.38. The van der Waals surface area contributed by atoms with Crippen molar-refractivity contribution >= 4 is 0 Å². The molecule has 0 amide bonds. The van der Waals surface area contributed by atoms with Gasteiger partial charge in [-0.25, -0.2) is 13.2 Å². The third kappa shape index (κ3) is 2.45. The molecule has 0 radical (unpaired) electrons. The predicted octanol–water partition coefficient (Wildman–Crippen LogP) is 2.47. The molecule has 0 spiro atoms. The van der Waals surface area contributed by atoms with Crippen LogP contribution in [0.25, 0.3) is 0 Å². The third-order valence-electron chi connectivity index (χ3n) is 1.15. The summed E-state index contributed by atoms with van der Waals surface area (Å²) < 4.78 is 85.3. The van der Waals surface area contributed by atoms with Crippen molar-refractivity contribution in [2.75, 3.05) is 13.5 Å². The van der Waals surface area contributed by atoms with Gasteiger partial charge in [0.15, 0.2) is 6.86 Å². The van der Waals surface area contributed by atoms with Gasteiger partial charge in [0.25, 0.3) is 0 Å². The molecule has 0 aromatic carbocycles. The minimum absolute atomic E-state index is 2.22. The molecule has 0 aromatic rings. The van der Waals surface area contributed by atoms with Crippen LogP contribution in [0.15, 0.2) is 0 Å². The standard InChI is InChI=1S/C5H5F7O/c6-1-3(8)4(9,10)5(11,12)13-2-7/h3H,1-2H2. The third-order valence-corrected chi connectivity index (χ3v) is 1.15. The van der Waals surface area contributed by atoms with Gasteiger partial charge in [0.1, 0.15) is 6.67 Å². The van der Waals surface area contributed by atoms with Crippen LogP contribution in [0.4, 0.5) is 30.7 Å². The van der Waals surface area contributed by atoms with Crippen LogP contribution in [0.5, 0.6) is 0 Å². The molecular weight excluding hydrogens is 209 g/mol. The van der Waals surface area contributed by atoms with Crippen molar-refractivity contribution in [3.05, 3.63) is 0 Å². The van der Waals surface area contributed by atoms with Crippen LogP contribution in [0.2, 0.25) is 0 Å². The lowest BCUT2D eigenvalue weighted by atomic mass is 10.2. The van der Waals surface area contributed by atoms with E-state index in [1.54, 1.807) is 0 Å². The maximum absolute atomic E-state index is 12.1. The van der Waals surface area contributed by atoms with E-state index in [0.29, 0.717) is 0 Å². The highest BCUT2D eigenvalue weighted by Gasteiger charge is 2.63. The Bertz CT molecular complexity index is 159. The first-order valence-electron chi connectivity index (χ1n) is 2.95. The number of hydrogen-bond acceptors (Lipinski definition) is 1. The number of alkyl halides is 7. The molecule has 0 rings (SSSR count). The molecule has 80 valence electrons. The Hall–Kier alpha value is -0.530. The zero-order valence-electron chi connectivity index (χ0n) is 6.05. The van der Waals surface area contributed by atoms with Gasteiger partial charge in [-0.05, 0) is 0 Å². The van der Waals surface area contributed by atoms with Gasteiger partial charge in [-0.2, -0.15) is 17.6 Å². The fraction of sp³-hybridized carbons (Fsp3) is 1.00. The number of rotatable bonds is 5. The highest BCUT2D eigenvalue weighted by Crippen LogP contribution is 2.39. The largest absolute Gasteiger partial charge is 0.424 e. The van der Waals surface area contributed by atoms with Crippen molar-refractivity contribution in [2.45, 2.75) is 18.2 Å². The SMILES string of the molecule is FCOC(F)(F)C(F)(F)C(F)CF. The summed E-state index contributed by atoms with van der Waals surface area (Å²) in [6.07, 6.45) is -9.08. The number of hydrogen-bond donors (Lipinski definition) is 0. The smallest absolute Gasteiger partial charge is 0.284 e. The van der Waals surface area contributed by atoms with Crippen LogP contribution >= 0.6 is 0 Å². The average molecular weight is 214 g/mol. The second kappa shape index (κ2) is 4.12. The minimum Gasteiger partial charge on any atom is -0.284 e. The van der Waals surface area contributed by atoms with E-state index in [1.165, 1.54) is 0 Å². The van der Waals surface area contributed by atoms with Crippen LogP contribution in [-0.2, 0) is 4.74 Å². The Balaban J connectivity index is 4.58. The molecule has 0 aliphatic rings. The van der Waals surface area contributed by atoms with Crippen molar-refractivity contribution in [2.24, 2.45) is 0 Å². The number of ether oxygens (including phenoxy) is 1. The van der Waals surface area contributed by atoms with E-state index in [2.05, 4.69) is 4.74 Å². The summed E-state index contributed by atoms with van der Waals surface area (Å²) in [7, 11) is 0. The predicted molar refractivity (Wildman–Crippen MR) is 27.8 cm³/mol. The molecule has 0 aliphatic carbocycles. The topological polar surface area (TPSA) is 9.23 Å². The molecule has 0 saturated carbocycles. The van der Waals surface area contributed by atoms with Crippen LogP contribution < -0.4 is 0 Å². The first kappa shape index (κ1) is 12.5. The molecule has 1 unspecified atom stereocenters. The molecule has 8 heteroatoms. The van der Waals surface area contributed by atoms with Gasteiger partial charge in [0, 0.05) is 0 Å². The Morgan fingerprint density at radius 2 is 1.54 bits per heavy atom. The Kier molecular flexibility index (Phi) is 3.95. The fourth-order valence-corrected chi connectivity index (χ4v) is 0.444. The highest BCUT2D eigenvalue weighted by molar-refractivity contribution is 4.84. The van der Waals surface area contributed by atoms with Crippen LogP contribution in [0.3, 0.4) is 0 Å². The van der Waals surface area contributed by atoms with E-state index in [-0.39, 0.29) is 0 Å². The lowest BCUT2D eigenvalue weighted by Crippen LogP contribution is -2.50. The van der Waals surface area contributed by atoms with Gasteiger partial charge < -0.3 is 0 Å². The zero-order chi connectivity index (χ0) is 10.7. The Morgan fingerprint density at radius 3 is 1.85 bits per heavy atom. The fourth-order valence-electron chi connectivity index (χ4n) is 0.444. The van der Waals surface area contributed by atoms with Crippen molar-refractivity contribution < 1.29 is 35.5 Å². The summed E-state index contributed by atoms with van der Waals surface area (Å²) in [5.41, 5.74) is 0. The van der Waals surface area contributed by atoms with E-state index >= 15 is 0 Å². The lowest BCUT2D eigenvalue weighted by Gasteiger charge is -2.26. The molecule has 0 saturated heterocycles. The highest BCUT2D eigenvalue weighted by atomic mass is 19.3. The van der Waals surface area contributed by atoms with Gasteiger partial charge in [-0.15, -0.1) is 0 Å². The summed E-state index contributed by atoms with van der Waals surface area (Å²) in [4.78, 5) is 0. The minimum atomic E-state index is -5.38. The summed E-state index contributed by atoms with van der Waals surface area (Å²) in [6.45, 7) is -4.53.